The lowest BCUT2D eigenvalue weighted by atomic mass is 10.1. The highest BCUT2D eigenvalue weighted by Gasteiger charge is 2.17. The van der Waals surface area contributed by atoms with Gasteiger partial charge in [0.2, 0.25) is 5.91 Å². The Morgan fingerprint density at radius 1 is 1.53 bits per heavy atom. The minimum absolute atomic E-state index is 0.0600. The Balaban J connectivity index is 2.59. The van der Waals surface area contributed by atoms with Crippen molar-refractivity contribution >= 4 is 5.91 Å². The molecular formula is C13H20N2O2. The molecule has 0 fully saturated rings. The van der Waals surface area contributed by atoms with Crippen LogP contribution in [0.3, 0.4) is 0 Å². The molecule has 4 heteroatoms. The topological polar surface area (TPSA) is 66.6 Å². The zero-order valence-electron chi connectivity index (χ0n) is 10.4. The van der Waals surface area contributed by atoms with Crippen molar-refractivity contribution in [3.8, 4) is 5.75 Å². The van der Waals surface area contributed by atoms with Gasteiger partial charge in [-0.2, -0.15) is 0 Å². The van der Waals surface area contributed by atoms with Gasteiger partial charge in [0.1, 0.15) is 5.75 Å². The van der Waals surface area contributed by atoms with E-state index in [1.807, 2.05) is 13.0 Å². The van der Waals surface area contributed by atoms with E-state index in [0.717, 1.165) is 12.0 Å². The first-order chi connectivity index (χ1) is 8.04. The van der Waals surface area contributed by atoms with Gasteiger partial charge in [-0.25, -0.2) is 0 Å². The summed E-state index contributed by atoms with van der Waals surface area (Å²) in [5.41, 5.74) is 6.66. The van der Waals surface area contributed by atoms with E-state index in [1.54, 1.807) is 30.1 Å². The summed E-state index contributed by atoms with van der Waals surface area (Å²) in [7, 11) is 1.72. The second-order valence-electron chi connectivity index (χ2n) is 4.26. The monoisotopic (exact) mass is 236 g/mol. The van der Waals surface area contributed by atoms with Gasteiger partial charge in [-0.3, -0.25) is 4.79 Å². The van der Waals surface area contributed by atoms with Crippen LogP contribution in [0.1, 0.15) is 25.3 Å². The Labute approximate surface area is 102 Å². The van der Waals surface area contributed by atoms with E-state index in [2.05, 4.69) is 0 Å². The molecule has 0 radical (unpaired) electrons. The molecule has 0 saturated carbocycles. The highest BCUT2D eigenvalue weighted by molar-refractivity contribution is 5.81. The number of benzene rings is 1. The SMILES string of the molecule is CCC[C@H](N)C(=O)N(C)Cc1cccc(O)c1. The number of rotatable bonds is 5. The molecule has 1 atom stereocenters. The van der Waals surface area contributed by atoms with Crippen molar-refractivity contribution in [3.63, 3.8) is 0 Å². The van der Waals surface area contributed by atoms with Crippen LogP contribution in [0.5, 0.6) is 5.75 Å². The average Bonchev–Trinajstić information content (AvgIpc) is 2.28. The van der Waals surface area contributed by atoms with Gasteiger partial charge in [-0.05, 0) is 24.1 Å². The third-order valence-electron chi connectivity index (χ3n) is 2.62. The lowest BCUT2D eigenvalue weighted by molar-refractivity contribution is -0.132. The van der Waals surface area contributed by atoms with Gasteiger partial charge in [0, 0.05) is 13.6 Å². The second-order valence-corrected chi connectivity index (χ2v) is 4.26. The fourth-order valence-corrected chi connectivity index (χ4v) is 1.72. The summed E-state index contributed by atoms with van der Waals surface area (Å²) < 4.78 is 0. The molecule has 0 aliphatic heterocycles. The van der Waals surface area contributed by atoms with E-state index in [1.165, 1.54) is 0 Å². The molecule has 1 aromatic rings. The van der Waals surface area contributed by atoms with Crippen LogP contribution < -0.4 is 5.73 Å². The molecular weight excluding hydrogens is 216 g/mol. The normalized spacial score (nSPS) is 12.2. The summed E-state index contributed by atoms with van der Waals surface area (Å²) in [5.74, 6) is 0.149. The molecule has 1 aromatic carbocycles. The first-order valence-corrected chi connectivity index (χ1v) is 5.83. The third kappa shape index (κ3) is 4.07. The van der Waals surface area contributed by atoms with Crippen LogP contribution in [0.2, 0.25) is 0 Å². The zero-order chi connectivity index (χ0) is 12.8. The van der Waals surface area contributed by atoms with Crippen molar-refractivity contribution in [2.24, 2.45) is 5.73 Å². The number of amides is 1. The largest absolute Gasteiger partial charge is 0.508 e. The number of carbonyl (C=O) groups excluding carboxylic acids is 1. The van der Waals surface area contributed by atoms with E-state index in [-0.39, 0.29) is 11.7 Å². The Kier molecular flexibility index (Phi) is 4.97. The van der Waals surface area contributed by atoms with Crippen molar-refractivity contribution in [1.82, 2.24) is 4.90 Å². The number of hydrogen-bond acceptors (Lipinski definition) is 3. The second kappa shape index (κ2) is 6.25. The number of nitrogens with two attached hydrogens (primary N) is 1. The number of aromatic hydroxyl groups is 1. The number of nitrogens with zero attached hydrogens (tertiary/aromatic N) is 1. The third-order valence-corrected chi connectivity index (χ3v) is 2.62. The summed E-state index contributed by atoms with van der Waals surface area (Å²) in [6, 6.07) is 6.45. The first kappa shape index (κ1) is 13.5. The summed E-state index contributed by atoms with van der Waals surface area (Å²) >= 11 is 0. The highest BCUT2D eigenvalue weighted by Crippen LogP contribution is 2.13. The smallest absolute Gasteiger partial charge is 0.239 e. The minimum atomic E-state index is -0.428. The molecule has 94 valence electrons. The Hall–Kier alpha value is -1.55. The van der Waals surface area contributed by atoms with Crippen LogP contribution in [0.25, 0.3) is 0 Å². The Morgan fingerprint density at radius 3 is 2.82 bits per heavy atom. The molecule has 0 bridgehead atoms. The molecule has 1 rings (SSSR count). The molecule has 0 saturated heterocycles. The molecule has 0 unspecified atom stereocenters. The average molecular weight is 236 g/mol. The molecule has 3 N–H and O–H groups in total. The molecule has 0 spiro atoms. The molecule has 17 heavy (non-hydrogen) atoms. The molecule has 0 aliphatic rings. The van der Waals surface area contributed by atoms with Gasteiger partial charge in [0.25, 0.3) is 0 Å². The maximum absolute atomic E-state index is 11.9. The van der Waals surface area contributed by atoms with Gasteiger partial charge in [0.15, 0.2) is 0 Å². The number of phenolic OH excluding ortho intramolecular Hbond substituents is 1. The fourth-order valence-electron chi connectivity index (χ4n) is 1.72. The Morgan fingerprint density at radius 2 is 2.24 bits per heavy atom. The zero-order valence-corrected chi connectivity index (χ0v) is 10.4. The van der Waals surface area contributed by atoms with Crippen LogP contribution in [-0.2, 0) is 11.3 Å². The van der Waals surface area contributed by atoms with E-state index in [4.69, 9.17) is 5.73 Å². The van der Waals surface area contributed by atoms with Crippen molar-refractivity contribution in [2.75, 3.05) is 7.05 Å². The summed E-state index contributed by atoms with van der Waals surface area (Å²) in [6.07, 6.45) is 1.59. The maximum atomic E-state index is 11.9. The quantitative estimate of drug-likeness (QED) is 0.813. The lowest BCUT2D eigenvalue weighted by Crippen LogP contribution is -2.41. The predicted molar refractivity (Wildman–Crippen MR) is 67.5 cm³/mol. The number of carbonyl (C=O) groups is 1. The van der Waals surface area contributed by atoms with Crippen LogP contribution in [0, 0.1) is 0 Å². The van der Waals surface area contributed by atoms with E-state index in [9.17, 15) is 9.90 Å². The van der Waals surface area contributed by atoms with Gasteiger partial charge in [-0.1, -0.05) is 25.5 Å². The molecule has 1 amide bonds. The van der Waals surface area contributed by atoms with Crippen molar-refractivity contribution in [1.29, 1.82) is 0 Å². The molecule has 0 aromatic heterocycles. The highest BCUT2D eigenvalue weighted by atomic mass is 16.3. The van der Waals surface area contributed by atoms with Gasteiger partial charge in [0.05, 0.1) is 6.04 Å². The predicted octanol–water partition coefficient (Wildman–Crippen LogP) is 1.48. The van der Waals surface area contributed by atoms with Crippen LogP contribution in [-0.4, -0.2) is 29.0 Å². The first-order valence-electron chi connectivity index (χ1n) is 5.83. The fraction of sp³-hybridized carbons (Fsp3) is 0.462. The van der Waals surface area contributed by atoms with Crippen molar-refractivity contribution < 1.29 is 9.90 Å². The Bertz CT molecular complexity index is 379. The van der Waals surface area contributed by atoms with Crippen LogP contribution in [0.4, 0.5) is 0 Å². The summed E-state index contributed by atoms with van der Waals surface area (Å²) in [5, 5.41) is 9.33. The van der Waals surface area contributed by atoms with E-state index in [0.29, 0.717) is 13.0 Å². The lowest BCUT2D eigenvalue weighted by Gasteiger charge is -2.21. The number of hydrogen-bond donors (Lipinski definition) is 2. The van der Waals surface area contributed by atoms with Gasteiger partial charge < -0.3 is 15.7 Å². The van der Waals surface area contributed by atoms with Gasteiger partial charge in [-0.15, -0.1) is 0 Å². The van der Waals surface area contributed by atoms with Crippen molar-refractivity contribution in [3.05, 3.63) is 29.8 Å². The van der Waals surface area contributed by atoms with E-state index < -0.39 is 6.04 Å². The van der Waals surface area contributed by atoms with Crippen LogP contribution in [0.15, 0.2) is 24.3 Å². The standard InChI is InChI=1S/C13H20N2O2/c1-3-5-12(14)13(17)15(2)9-10-6-4-7-11(16)8-10/h4,6-8,12,16H,3,5,9,14H2,1-2H3/t12-/m0/s1. The van der Waals surface area contributed by atoms with Crippen LogP contribution >= 0.6 is 0 Å². The van der Waals surface area contributed by atoms with E-state index >= 15 is 0 Å². The number of likely N-dealkylation sites (N-methyl/N-ethyl adjacent to an activating group) is 1. The maximum Gasteiger partial charge on any atom is 0.239 e. The number of phenols is 1. The molecule has 0 aliphatic carbocycles. The molecule has 0 heterocycles. The molecule has 4 nitrogen and oxygen atoms in total. The summed E-state index contributed by atoms with van der Waals surface area (Å²) in [6.45, 7) is 2.47. The summed E-state index contributed by atoms with van der Waals surface area (Å²) in [4.78, 5) is 13.5. The minimum Gasteiger partial charge on any atom is -0.508 e. The van der Waals surface area contributed by atoms with Gasteiger partial charge >= 0.3 is 0 Å². The van der Waals surface area contributed by atoms with Crippen molar-refractivity contribution in [2.45, 2.75) is 32.4 Å².